The fourth-order valence-electron chi connectivity index (χ4n) is 0.792. The molecule has 0 heterocycles. The Balaban J connectivity index is 3.30. The standard InChI is InChI=1S/C8H6BrNO2/c1-12-8-2-5(4-10)6(9)3-7(8)11/h2-3,11H,1H3. The van der Waals surface area contributed by atoms with Gasteiger partial charge in [0.05, 0.1) is 12.7 Å². The number of phenols is 1. The van der Waals surface area contributed by atoms with Crippen molar-refractivity contribution in [3.8, 4) is 17.6 Å². The minimum atomic E-state index is 0.0170. The Labute approximate surface area is 78.3 Å². The summed E-state index contributed by atoms with van der Waals surface area (Å²) >= 11 is 3.13. The van der Waals surface area contributed by atoms with Crippen molar-refractivity contribution in [2.45, 2.75) is 0 Å². The maximum Gasteiger partial charge on any atom is 0.161 e. The molecule has 0 amide bonds. The Hall–Kier alpha value is -1.21. The predicted octanol–water partition coefficient (Wildman–Crippen LogP) is 2.03. The monoisotopic (exact) mass is 227 g/mol. The normalized spacial score (nSPS) is 9.08. The summed E-state index contributed by atoms with van der Waals surface area (Å²) in [6.45, 7) is 0. The molecule has 0 aliphatic carbocycles. The molecule has 0 atom stereocenters. The van der Waals surface area contributed by atoms with Crippen LogP contribution in [0.25, 0.3) is 0 Å². The Kier molecular flexibility index (Phi) is 2.56. The van der Waals surface area contributed by atoms with Gasteiger partial charge in [-0.1, -0.05) is 0 Å². The molecule has 0 saturated carbocycles. The van der Waals surface area contributed by atoms with E-state index in [9.17, 15) is 5.11 Å². The fourth-order valence-corrected chi connectivity index (χ4v) is 1.21. The summed E-state index contributed by atoms with van der Waals surface area (Å²) in [6, 6.07) is 4.86. The number of benzene rings is 1. The van der Waals surface area contributed by atoms with Gasteiger partial charge < -0.3 is 9.84 Å². The number of nitrogens with zero attached hydrogens (tertiary/aromatic N) is 1. The average molecular weight is 228 g/mol. The lowest BCUT2D eigenvalue weighted by molar-refractivity contribution is 0.373. The Morgan fingerprint density at radius 3 is 2.75 bits per heavy atom. The van der Waals surface area contributed by atoms with Crippen LogP contribution >= 0.6 is 15.9 Å². The lowest BCUT2D eigenvalue weighted by Gasteiger charge is -2.03. The first kappa shape index (κ1) is 8.88. The second-order valence-electron chi connectivity index (χ2n) is 2.12. The molecule has 0 unspecified atom stereocenters. The molecular weight excluding hydrogens is 222 g/mol. The molecule has 0 aromatic heterocycles. The van der Waals surface area contributed by atoms with Crippen LogP contribution in [-0.4, -0.2) is 12.2 Å². The molecule has 1 aromatic rings. The van der Waals surface area contributed by atoms with E-state index in [1.54, 1.807) is 0 Å². The van der Waals surface area contributed by atoms with Crippen molar-refractivity contribution < 1.29 is 9.84 Å². The summed E-state index contributed by atoms with van der Waals surface area (Å²) in [7, 11) is 1.43. The van der Waals surface area contributed by atoms with E-state index < -0.39 is 0 Å². The molecule has 0 saturated heterocycles. The highest BCUT2D eigenvalue weighted by Gasteiger charge is 2.06. The largest absolute Gasteiger partial charge is 0.504 e. The van der Waals surface area contributed by atoms with Crippen molar-refractivity contribution in [3.05, 3.63) is 22.2 Å². The number of phenolic OH excluding ortho intramolecular Hbond substituents is 1. The number of methoxy groups -OCH3 is 1. The smallest absolute Gasteiger partial charge is 0.161 e. The lowest BCUT2D eigenvalue weighted by atomic mass is 10.2. The van der Waals surface area contributed by atoms with Crippen LogP contribution in [0.1, 0.15) is 5.56 Å². The molecule has 4 heteroatoms. The molecule has 0 spiro atoms. The molecule has 0 aliphatic heterocycles. The van der Waals surface area contributed by atoms with Gasteiger partial charge in [0.2, 0.25) is 0 Å². The zero-order valence-corrected chi connectivity index (χ0v) is 7.92. The van der Waals surface area contributed by atoms with E-state index in [0.29, 0.717) is 15.8 Å². The lowest BCUT2D eigenvalue weighted by Crippen LogP contribution is -1.86. The van der Waals surface area contributed by atoms with Gasteiger partial charge in [0.25, 0.3) is 0 Å². The highest BCUT2D eigenvalue weighted by atomic mass is 79.9. The Bertz CT molecular complexity index is 344. The van der Waals surface area contributed by atoms with E-state index in [2.05, 4.69) is 15.9 Å². The van der Waals surface area contributed by atoms with Crippen LogP contribution in [0.4, 0.5) is 0 Å². The van der Waals surface area contributed by atoms with Gasteiger partial charge in [0.15, 0.2) is 11.5 Å². The molecule has 62 valence electrons. The fraction of sp³-hybridized carbons (Fsp3) is 0.125. The highest BCUT2D eigenvalue weighted by Crippen LogP contribution is 2.31. The summed E-state index contributed by atoms with van der Waals surface area (Å²) in [5.41, 5.74) is 0.435. The summed E-state index contributed by atoms with van der Waals surface area (Å²) in [5, 5.41) is 17.9. The highest BCUT2D eigenvalue weighted by molar-refractivity contribution is 9.10. The zero-order valence-electron chi connectivity index (χ0n) is 6.34. The van der Waals surface area contributed by atoms with Crippen molar-refractivity contribution in [2.24, 2.45) is 0 Å². The quantitative estimate of drug-likeness (QED) is 0.799. The molecular formula is C8H6BrNO2. The summed E-state index contributed by atoms with van der Waals surface area (Å²) < 4.78 is 5.38. The number of halogens is 1. The molecule has 3 nitrogen and oxygen atoms in total. The van der Waals surface area contributed by atoms with E-state index in [-0.39, 0.29) is 5.75 Å². The van der Waals surface area contributed by atoms with Crippen LogP contribution < -0.4 is 4.74 Å². The van der Waals surface area contributed by atoms with Gasteiger partial charge in [0.1, 0.15) is 6.07 Å². The van der Waals surface area contributed by atoms with Crippen molar-refractivity contribution in [3.63, 3.8) is 0 Å². The summed E-state index contributed by atoms with van der Waals surface area (Å²) in [5.74, 6) is 0.318. The molecule has 0 fully saturated rings. The molecule has 1 N–H and O–H groups in total. The topological polar surface area (TPSA) is 53.2 Å². The van der Waals surface area contributed by atoms with E-state index in [4.69, 9.17) is 10.00 Å². The van der Waals surface area contributed by atoms with Crippen LogP contribution in [0.3, 0.4) is 0 Å². The third-order valence-electron chi connectivity index (χ3n) is 1.39. The number of hydrogen-bond donors (Lipinski definition) is 1. The van der Waals surface area contributed by atoms with Crippen LogP contribution in [0.5, 0.6) is 11.5 Å². The van der Waals surface area contributed by atoms with Gasteiger partial charge in [0, 0.05) is 10.5 Å². The van der Waals surface area contributed by atoms with E-state index in [1.165, 1.54) is 19.2 Å². The minimum absolute atomic E-state index is 0.0170. The van der Waals surface area contributed by atoms with Gasteiger partial charge in [-0.05, 0) is 22.0 Å². The molecule has 12 heavy (non-hydrogen) atoms. The number of rotatable bonds is 1. The number of aromatic hydroxyl groups is 1. The molecule has 1 aromatic carbocycles. The van der Waals surface area contributed by atoms with Gasteiger partial charge in [-0.15, -0.1) is 0 Å². The van der Waals surface area contributed by atoms with E-state index in [0.717, 1.165) is 0 Å². The van der Waals surface area contributed by atoms with Crippen molar-refractivity contribution in [1.29, 1.82) is 5.26 Å². The van der Waals surface area contributed by atoms with Crippen LogP contribution in [0.2, 0.25) is 0 Å². The Morgan fingerprint density at radius 2 is 2.25 bits per heavy atom. The van der Waals surface area contributed by atoms with Crippen LogP contribution in [0.15, 0.2) is 16.6 Å². The Morgan fingerprint density at radius 1 is 1.58 bits per heavy atom. The van der Waals surface area contributed by atoms with Crippen LogP contribution in [0, 0.1) is 11.3 Å². The van der Waals surface area contributed by atoms with Crippen molar-refractivity contribution in [1.82, 2.24) is 0 Å². The third kappa shape index (κ3) is 1.51. The first-order valence-corrected chi connectivity index (χ1v) is 3.95. The van der Waals surface area contributed by atoms with Gasteiger partial charge >= 0.3 is 0 Å². The van der Waals surface area contributed by atoms with E-state index >= 15 is 0 Å². The predicted molar refractivity (Wildman–Crippen MR) is 47.1 cm³/mol. The van der Waals surface area contributed by atoms with Crippen molar-refractivity contribution >= 4 is 15.9 Å². The first-order valence-electron chi connectivity index (χ1n) is 3.15. The van der Waals surface area contributed by atoms with Gasteiger partial charge in [-0.2, -0.15) is 5.26 Å². The zero-order chi connectivity index (χ0) is 9.14. The molecule has 0 radical (unpaired) electrons. The maximum atomic E-state index is 9.25. The second-order valence-corrected chi connectivity index (χ2v) is 2.97. The SMILES string of the molecule is COc1cc(C#N)c(Br)cc1O. The molecule has 0 bridgehead atoms. The number of ether oxygens (including phenoxy) is 1. The van der Waals surface area contributed by atoms with Crippen LogP contribution in [-0.2, 0) is 0 Å². The first-order chi connectivity index (χ1) is 5.69. The number of hydrogen-bond acceptors (Lipinski definition) is 3. The van der Waals surface area contributed by atoms with Gasteiger partial charge in [-0.3, -0.25) is 0 Å². The van der Waals surface area contributed by atoms with E-state index in [1.807, 2.05) is 6.07 Å². The maximum absolute atomic E-state index is 9.25. The molecule has 1 rings (SSSR count). The summed E-state index contributed by atoms with van der Waals surface area (Å²) in [6.07, 6.45) is 0. The average Bonchev–Trinajstić information content (AvgIpc) is 2.05. The third-order valence-corrected chi connectivity index (χ3v) is 2.05. The number of nitriles is 1. The van der Waals surface area contributed by atoms with Crippen molar-refractivity contribution in [2.75, 3.05) is 7.11 Å². The molecule has 0 aliphatic rings. The summed E-state index contributed by atoms with van der Waals surface area (Å²) in [4.78, 5) is 0. The second kappa shape index (κ2) is 3.46. The van der Waals surface area contributed by atoms with Gasteiger partial charge in [-0.25, -0.2) is 0 Å². The minimum Gasteiger partial charge on any atom is -0.504 e.